The maximum Gasteiger partial charge on any atom is 2.00 e. The average molecular weight is 977 g/mol. The molecule has 0 saturated carbocycles. The van der Waals surface area contributed by atoms with Crippen LogP contribution in [0.4, 0.5) is 0 Å². The van der Waals surface area contributed by atoms with Gasteiger partial charge in [-0.2, -0.15) is 17.2 Å². The van der Waals surface area contributed by atoms with Crippen molar-refractivity contribution in [2.45, 2.75) is 66.2 Å². The van der Waals surface area contributed by atoms with Gasteiger partial charge in [0.15, 0.2) is 0 Å². The molecule has 0 N–H and O–H groups in total. The maximum atomic E-state index is 6.64. The zero-order chi connectivity index (χ0) is 41.1. The summed E-state index contributed by atoms with van der Waals surface area (Å²) in [6, 6.07) is 54.2. The van der Waals surface area contributed by atoms with Crippen molar-refractivity contribution in [3.63, 3.8) is 0 Å². The minimum absolute atomic E-state index is 0. The molecule has 6 aromatic carbocycles. The molecule has 10 aromatic rings. The summed E-state index contributed by atoms with van der Waals surface area (Å²) in [4.78, 5) is 5.03. The van der Waals surface area contributed by atoms with Gasteiger partial charge in [0.25, 0.3) is 0 Å². The van der Waals surface area contributed by atoms with E-state index in [1.165, 1.54) is 44.1 Å². The van der Waals surface area contributed by atoms with Crippen LogP contribution < -0.4 is 4.74 Å². The second-order valence-corrected chi connectivity index (χ2v) is 16.2. The van der Waals surface area contributed by atoms with Crippen LogP contribution in [0, 0.1) is 12.1 Å². The van der Waals surface area contributed by atoms with Gasteiger partial charge in [-0.25, -0.2) is 4.98 Å². The molecule has 0 amide bonds. The molecule has 0 saturated heterocycles. The van der Waals surface area contributed by atoms with Gasteiger partial charge in [0.1, 0.15) is 5.82 Å². The number of rotatable bonds is 10. The molecule has 61 heavy (non-hydrogen) atoms. The topological polar surface area (TPSA) is 49.8 Å². The minimum Gasteiger partial charge on any atom is -0.509 e. The second kappa shape index (κ2) is 16.3. The Hall–Kier alpha value is -6.23. The Bertz CT molecular complexity index is 3160. The fraction of sp³-hybridized carbons (Fsp3) is 0.185. The molecule has 0 radical (unpaired) electrons. The van der Waals surface area contributed by atoms with Gasteiger partial charge in [-0.1, -0.05) is 132 Å². The predicted molar refractivity (Wildman–Crippen MR) is 247 cm³/mol. The molecule has 6 nitrogen and oxygen atoms in total. The van der Waals surface area contributed by atoms with Gasteiger partial charge in [-0.3, -0.25) is 4.68 Å². The van der Waals surface area contributed by atoms with E-state index in [2.05, 4.69) is 183 Å². The number of benzene rings is 6. The zero-order valence-electron chi connectivity index (χ0n) is 35.3. The second-order valence-electron chi connectivity index (χ2n) is 16.2. The van der Waals surface area contributed by atoms with Crippen LogP contribution in [0.25, 0.3) is 71.9 Å². The molecule has 0 aliphatic rings. The van der Waals surface area contributed by atoms with Crippen molar-refractivity contribution in [3.8, 4) is 39.8 Å². The van der Waals surface area contributed by atoms with Gasteiger partial charge >= 0.3 is 21.1 Å². The van der Waals surface area contributed by atoms with Crippen molar-refractivity contribution in [2.75, 3.05) is 0 Å². The molecular formula is C54H47N5OPt. The average Bonchev–Trinajstić information content (AvgIpc) is 3.96. The first-order valence-corrected chi connectivity index (χ1v) is 21.2. The first-order chi connectivity index (χ1) is 29.3. The number of pyridine rings is 1. The SMILES string of the molecule is CCc1cccc2c3cccc(CC)c3n(-c3ccnc(-n4c5[c-]c(Oc6[c-]c(-n7nc(C(C)C)c(-c8ccccc8)c7C(C)C)ccc6)ccc5c5ccccc54)c3)c12.[Pt+2]. The number of para-hydroxylation sites is 3. The fourth-order valence-corrected chi connectivity index (χ4v) is 9.13. The van der Waals surface area contributed by atoms with E-state index in [0.29, 0.717) is 11.5 Å². The van der Waals surface area contributed by atoms with E-state index < -0.39 is 0 Å². The number of aromatic nitrogens is 5. The molecule has 4 heterocycles. The molecule has 304 valence electrons. The van der Waals surface area contributed by atoms with E-state index in [1.807, 2.05) is 24.4 Å². The summed E-state index contributed by atoms with van der Waals surface area (Å²) in [5.74, 6) is 2.46. The molecule has 0 aliphatic carbocycles. The van der Waals surface area contributed by atoms with Crippen LogP contribution >= 0.6 is 0 Å². The van der Waals surface area contributed by atoms with Gasteiger partial charge < -0.3 is 13.9 Å². The van der Waals surface area contributed by atoms with Crippen LogP contribution in [0.2, 0.25) is 0 Å². The normalized spacial score (nSPS) is 11.7. The quantitative estimate of drug-likeness (QED) is 0.128. The largest absolute Gasteiger partial charge is 2.00 e. The zero-order valence-corrected chi connectivity index (χ0v) is 37.6. The van der Waals surface area contributed by atoms with Crippen LogP contribution in [0.5, 0.6) is 11.5 Å². The Morgan fingerprint density at radius 1 is 0.607 bits per heavy atom. The summed E-state index contributed by atoms with van der Waals surface area (Å²) in [6.45, 7) is 13.3. The first-order valence-electron chi connectivity index (χ1n) is 21.2. The fourth-order valence-electron chi connectivity index (χ4n) is 9.13. The van der Waals surface area contributed by atoms with E-state index in [1.54, 1.807) is 0 Å². The molecule has 0 fully saturated rings. The molecule has 0 bridgehead atoms. The van der Waals surface area contributed by atoms with E-state index in [4.69, 9.17) is 14.8 Å². The van der Waals surface area contributed by atoms with Crippen molar-refractivity contribution in [2.24, 2.45) is 0 Å². The number of hydrogen-bond acceptors (Lipinski definition) is 3. The summed E-state index contributed by atoms with van der Waals surface area (Å²) in [6.07, 6.45) is 3.81. The Balaban J connectivity index is 0.00000476. The Morgan fingerprint density at radius 3 is 1.95 bits per heavy atom. The number of fused-ring (bicyclic) bond motifs is 6. The van der Waals surface area contributed by atoms with Crippen LogP contribution in [0.3, 0.4) is 0 Å². The summed E-state index contributed by atoms with van der Waals surface area (Å²) in [5.41, 5.74) is 13.6. The van der Waals surface area contributed by atoms with Gasteiger partial charge in [0.05, 0.1) is 28.1 Å². The van der Waals surface area contributed by atoms with E-state index in [-0.39, 0.29) is 32.9 Å². The summed E-state index contributed by atoms with van der Waals surface area (Å²) < 4.78 is 13.4. The molecule has 4 aromatic heterocycles. The molecule has 0 spiro atoms. The molecule has 0 atom stereocenters. The minimum atomic E-state index is 0. The van der Waals surface area contributed by atoms with Crippen LogP contribution in [0.1, 0.15) is 75.9 Å². The van der Waals surface area contributed by atoms with Crippen molar-refractivity contribution in [1.82, 2.24) is 23.9 Å². The van der Waals surface area contributed by atoms with Gasteiger partial charge in [0, 0.05) is 45.6 Å². The van der Waals surface area contributed by atoms with Crippen molar-refractivity contribution < 1.29 is 25.8 Å². The Morgan fingerprint density at radius 2 is 1.26 bits per heavy atom. The summed E-state index contributed by atoms with van der Waals surface area (Å²) in [5, 5.41) is 9.98. The van der Waals surface area contributed by atoms with Gasteiger partial charge in [-0.15, -0.1) is 35.7 Å². The van der Waals surface area contributed by atoms with Crippen LogP contribution in [0.15, 0.2) is 140 Å². The third-order valence-electron chi connectivity index (χ3n) is 11.8. The smallest absolute Gasteiger partial charge is 0.509 e. The third-order valence-corrected chi connectivity index (χ3v) is 11.8. The number of aryl methyl sites for hydroxylation is 2. The van der Waals surface area contributed by atoms with Gasteiger partial charge in [-0.05, 0) is 64.6 Å². The van der Waals surface area contributed by atoms with Crippen LogP contribution in [-0.2, 0) is 33.9 Å². The number of nitrogens with zero attached hydrogens (tertiary/aromatic N) is 5. The first kappa shape index (κ1) is 40.2. The standard InChI is InChI=1S/C54H47N5O.Pt/c1-7-36-19-14-24-45-46-25-15-20-37(8-2)54(46)57(53(36)45)39-29-30-55-49(32-39)58-47-26-13-12-23-43(47)44-28-27-42(33-48(44)58)60-41-22-16-21-40(31-41)59-52(35(5)6)50(51(56-59)34(3)4)38-17-10-9-11-18-38;/h9-30,32,34-35H,7-8H2,1-6H3;/q-2;+2. The molecule has 0 aliphatic heterocycles. The molecule has 10 rings (SSSR count). The molecule has 0 unspecified atom stereocenters. The number of ether oxygens (including phenoxy) is 1. The van der Waals surface area contributed by atoms with Crippen molar-refractivity contribution in [1.29, 1.82) is 0 Å². The van der Waals surface area contributed by atoms with Crippen molar-refractivity contribution in [3.05, 3.63) is 174 Å². The van der Waals surface area contributed by atoms with Crippen LogP contribution in [-0.4, -0.2) is 23.9 Å². The van der Waals surface area contributed by atoms with E-state index in [0.717, 1.165) is 63.2 Å². The van der Waals surface area contributed by atoms with E-state index in [9.17, 15) is 0 Å². The summed E-state index contributed by atoms with van der Waals surface area (Å²) >= 11 is 0. The maximum absolute atomic E-state index is 6.64. The predicted octanol–water partition coefficient (Wildman–Crippen LogP) is 13.9. The Labute approximate surface area is 371 Å². The monoisotopic (exact) mass is 976 g/mol. The third kappa shape index (κ3) is 6.78. The van der Waals surface area contributed by atoms with Gasteiger partial charge in [0.2, 0.25) is 0 Å². The Kier molecular flexibility index (Phi) is 10.8. The van der Waals surface area contributed by atoms with Crippen molar-refractivity contribution >= 4 is 43.6 Å². The molecule has 7 heteroatoms. The molecular weight excluding hydrogens is 930 g/mol. The van der Waals surface area contributed by atoms with E-state index >= 15 is 0 Å². The summed E-state index contributed by atoms with van der Waals surface area (Å²) in [7, 11) is 0. The number of hydrogen-bond donors (Lipinski definition) is 0.